The van der Waals surface area contributed by atoms with E-state index in [-0.39, 0.29) is 11.8 Å². The fourth-order valence-electron chi connectivity index (χ4n) is 3.54. The Labute approximate surface area is 150 Å². The minimum Gasteiger partial charge on any atom is -0.443 e. The largest absolute Gasteiger partial charge is 0.443 e. The molecule has 25 heavy (non-hydrogen) atoms. The van der Waals surface area contributed by atoms with Gasteiger partial charge in [-0.2, -0.15) is 0 Å². The zero-order valence-corrected chi connectivity index (χ0v) is 15.7. The number of hydrogen-bond donors (Lipinski definition) is 1. The third kappa shape index (κ3) is 4.71. The van der Waals surface area contributed by atoms with Crippen LogP contribution in [0.5, 0.6) is 5.75 Å². The monoisotopic (exact) mass is 344 g/mol. The first-order valence-corrected chi connectivity index (χ1v) is 8.89. The van der Waals surface area contributed by atoms with Gasteiger partial charge in [-0.3, -0.25) is 0 Å². The van der Waals surface area contributed by atoms with Gasteiger partial charge in [-0.1, -0.05) is 32.6 Å². The van der Waals surface area contributed by atoms with Crippen molar-refractivity contribution in [2.24, 2.45) is 16.8 Å². The van der Waals surface area contributed by atoms with E-state index < -0.39 is 5.67 Å². The number of allylic oxidation sites excluding steroid dienone is 3. The van der Waals surface area contributed by atoms with Gasteiger partial charge < -0.3 is 10.5 Å². The standard InChI is InChI=1S/C21H29FN2O/c1-6-8-19(18-13-21(22,7-2)12-15(18)4)24-16(5)25-20-11-17(23)10-9-14(20)3/h6,8-11,15,18H,1,7,12-13,23H2,2-5H3/b19-8-,24-16?. The first kappa shape index (κ1) is 19.2. The molecule has 2 rings (SSSR count). The molecular formula is C21H29FN2O. The maximum atomic E-state index is 14.8. The van der Waals surface area contributed by atoms with Crippen LogP contribution in [0.25, 0.3) is 0 Å². The fourth-order valence-corrected chi connectivity index (χ4v) is 3.54. The molecule has 0 spiro atoms. The number of benzene rings is 1. The molecular weight excluding hydrogens is 315 g/mol. The summed E-state index contributed by atoms with van der Waals surface area (Å²) < 4.78 is 20.7. The molecule has 2 N–H and O–H groups in total. The summed E-state index contributed by atoms with van der Waals surface area (Å²) in [4.78, 5) is 4.64. The van der Waals surface area contributed by atoms with Crippen LogP contribution in [0.3, 0.4) is 0 Å². The van der Waals surface area contributed by atoms with E-state index >= 15 is 0 Å². The zero-order chi connectivity index (χ0) is 18.6. The van der Waals surface area contributed by atoms with Gasteiger partial charge in [0.15, 0.2) is 5.90 Å². The number of halogens is 1. The zero-order valence-electron chi connectivity index (χ0n) is 15.7. The van der Waals surface area contributed by atoms with Crippen LogP contribution in [0.1, 0.15) is 45.6 Å². The van der Waals surface area contributed by atoms with Crippen molar-refractivity contribution < 1.29 is 9.13 Å². The Bertz CT molecular complexity index is 695. The third-order valence-corrected chi connectivity index (χ3v) is 5.02. The van der Waals surface area contributed by atoms with Crippen LogP contribution in [-0.4, -0.2) is 11.6 Å². The minimum absolute atomic E-state index is 0.0726. The summed E-state index contributed by atoms with van der Waals surface area (Å²) in [7, 11) is 0. The van der Waals surface area contributed by atoms with E-state index in [1.165, 1.54) is 0 Å². The molecule has 0 heterocycles. The third-order valence-electron chi connectivity index (χ3n) is 5.02. The molecule has 1 aliphatic carbocycles. The summed E-state index contributed by atoms with van der Waals surface area (Å²) in [5, 5.41) is 0. The van der Waals surface area contributed by atoms with Gasteiger partial charge in [0, 0.05) is 30.3 Å². The van der Waals surface area contributed by atoms with Crippen molar-refractivity contribution >= 4 is 11.6 Å². The molecule has 0 aromatic heterocycles. The number of nitrogen functional groups attached to an aromatic ring is 1. The molecule has 0 saturated heterocycles. The van der Waals surface area contributed by atoms with Crippen LogP contribution in [0, 0.1) is 18.8 Å². The van der Waals surface area contributed by atoms with Crippen LogP contribution in [0.4, 0.5) is 10.1 Å². The van der Waals surface area contributed by atoms with Crippen LogP contribution >= 0.6 is 0 Å². The maximum Gasteiger partial charge on any atom is 0.191 e. The molecule has 0 bridgehead atoms. The van der Waals surface area contributed by atoms with Crippen LogP contribution in [0.15, 0.2) is 47.6 Å². The summed E-state index contributed by atoms with van der Waals surface area (Å²) >= 11 is 0. The quantitative estimate of drug-likeness (QED) is 0.327. The van der Waals surface area contributed by atoms with E-state index in [4.69, 9.17) is 10.5 Å². The number of aryl methyl sites for hydroxylation is 1. The molecule has 3 atom stereocenters. The Morgan fingerprint density at radius 2 is 2.20 bits per heavy atom. The van der Waals surface area contributed by atoms with Crippen molar-refractivity contribution in [3.8, 4) is 5.75 Å². The summed E-state index contributed by atoms with van der Waals surface area (Å²) in [6.07, 6.45) is 5.18. The smallest absolute Gasteiger partial charge is 0.191 e. The highest BCUT2D eigenvalue weighted by molar-refractivity contribution is 5.77. The average Bonchev–Trinajstić information content (AvgIpc) is 2.86. The van der Waals surface area contributed by atoms with Crippen LogP contribution in [0.2, 0.25) is 0 Å². The van der Waals surface area contributed by atoms with Gasteiger partial charge in [-0.15, -0.1) is 0 Å². The number of ether oxygens (including phenoxy) is 1. The minimum atomic E-state index is -1.10. The second-order valence-corrected chi connectivity index (χ2v) is 7.08. The highest BCUT2D eigenvalue weighted by Crippen LogP contribution is 2.47. The topological polar surface area (TPSA) is 47.6 Å². The van der Waals surface area contributed by atoms with Gasteiger partial charge >= 0.3 is 0 Å². The molecule has 0 amide bonds. The van der Waals surface area contributed by atoms with Gasteiger partial charge in [0.1, 0.15) is 11.4 Å². The van der Waals surface area contributed by atoms with E-state index in [1.807, 2.05) is 39.0 Å². The lowest BCUT2D eigenvalue weighted by atomic mass is 9.94. The van der Waals surface area contributed by atoms with Crippen molar-refractivity contribution in [1.29, 1.82) is 0 Å². The number of rotatable bonds is 5. The Morgan fingerprint density at radius 3 is 2.80 bits per heavy atom. The molecule has 3 unspecified atom stereocenters. The predicted molar refractivity (Wildman–Crippen MR) is 104 cm³/mol. The maximum absolute atomic E-state index is 14.8. The first-order chi connectivity index (χ1) is 11.8. The van der Waals surface area contributed by atoms with E-state index in [0.717, 1.165) is 11.3 Å². The van der Waals surface area contributed by atoms with Crippen molar-refractivity contribution in [1.82, 2.24) is 0 Å². The van der Waals surface area contributed by atoms with E-state index in [9.17, 15) is 4.39 Å². The van der Waals surface area contributed by atoms with Gasteiger partial charge in [0.25, 0.3) is 0 Å². The van der Waals surface area contributed by atoms with Crippen molar-refractivity contribution in [2.75, 3.05) is 5.73 Å². The number of hydrogen-bond acceptors (Lipinski definition) is 3. The SMILES string of the molecule is C=C/C=C(\N=C(C)Oc1cc(N)ccc1C)C1CC(F)(CC)CC1C. The number of aliphatic imine (C=N–C) groups is 1. The summed E-state index contributed by atoms with van der Waals surface area (Å²) in [6, 6.07) is 5.53. The predicted octanol–water partition coefficient (Wildman–Crippen LogP) is 5.61. The molecule has 0 aliphatic heterocycles. The van der Waals surface area contributed by atoms with Gasteiger partial charge in [-0.25, -0.2) is 9.38 Å². The number of alkyl halides is 1. The summed E-state index contributed by atoms with van der Waals surface area (Å²) in [5.74, 6) is 1.51. The first-order valence-electron chi connectivity index (χ1n) is 8.89. The van der Waals surface area contributed by atoms with Gasteiger partial charge in [-0.05, 0) is 49.8 Å². The lowest BCUT2D eigenvalue weighted by molar-refractivity contribution is 0.159. The molecule has 1 aliphatic rings. The highest BCUT2D eigenvalue weighted by atomic mass is 19.1. The van der Waals surface area contributed by atoms with Gasteiger partial charge in [0.2, 0.25) is 0 Å². The van der Waals surface area contributed by atoms with Crippen LogP contribution < -0.4 is 10.5 Å². The second kappa shape index (κ2) is 7.85. The number of nitrogens with zero attached hydrogens (tertiary/aromatic N) is 1. The lowest BCUT2D eigenvalue weighted by Crippen LogP contribution is -2.17. The van der Waals surface area contributed by atoms with Crippen LogP contribution in [-0.2, 0) is 0 Å². The van der Waals surface area contributed by atoms with Crippen molar-refractivity contribution in [2.45, 2.75) is 52.6 Å². The Kier molecular flexibility index (Phi) is 6.04. The Hall–Kier alpha value is -2.10. The molecule has 3 nitrogen and oxygen atoms in total. The fraction of sp³-hybridized carbons (Fsp3) is 0.476. The van der Waals surface area contributed by atoms with Crippen molar-refractivity contribution in [3.63, 3.8) is 0 Å². The summed E-state index contributed by atoms with van der Waals surface area (Å²) in [6.45, 7) is 11.5. The second-order valence-electron chi connectivity index (χ2n) is 7.08. The number of anilines is 1. The molecule has 4 heteroatoms. The van der Waals surface area contributed by atoms with Gasteiger partial charge in [0.05, 0.1) is 0 Å². The van der Waals surface area contributed by atoms with E-state index in [0.29, 0.717) is 36.6 Å². The Balaban J connectivity index is 2.23. The molecule has 1 aromatic carbocycles. The Morgan fingerprint density at radius 1 is 1.48 bits per heavy atom. The van der Waals surface area contributed by atoms with E-state index in [1.54, 1.807) is 12.1 Å². The highest BCUT2D eigenvalue weighted by Gasteiger charge is 2.43. The van der Waals surface area contributed by atoms with E-state index in [2.05, 4.69) is 18.5 Å². The molecule has 1 fully saturated rings. The molecule has 1 aromatic rings. The molecule has 136 valence electrons. The molecule has 1 saturated carbocycles. The lowest BCUT2D eigenvalue weighted by Gasteiger charge is -2.18. The molecule has 0 radical (unpaired) electrons. The number of nitrogens with two attached hydrogens (primary N) is 1. The summed E-state index contributed by atoms with van der Waals surface area (Å²) in [5.41, 5.74) is 7.19. The average molecular weight is 344 g/mol. The van der Waals surface area contributed by atoms with Crippen molar-refractivity contribution in [3.05, 3.63) is 48.2 Å². The normalized spacial score (nSPS) is 27.4.